The predicted octanol–water partition coefficient (Wildman–Crippen LogP) is 1.46. The van der Waals surface area contributed by atoms with Crippen molar-refractivity contribution in [1.29, 1.82) is 0 Å². The zero-order valence-corrected chi connectivity index (χ0v) is 9.80. The predicted molar refractivity (Wildman–Crippen MR) is 67.0 cm³/mol. The number of hydrogen-bond donors (Lipinski definition) is 2. The lowest BCUT2D eigenvalue weighted by atomic mass is 10.3. The quantitative estimate of drug-likeness (QED) is 0.763. The van der Waals surface area contributed by atoms with Crippen LogP contribution in [0.15, 0.2) is 25.0 Å². The molecule has 17 heavy (non-hydrogen) atoms. The van der Waals surface area contributed by atoms with Gasteiger partial charge in [-0.3, -0.25) is 4.57 Å². The van der Waals surface area contributed by atoms with Gasteiger partial charge in [0, 0.05) is 18.9 Å². The Morgan fingerprint density at radius 3 is 3.00 bits per heavy atom. The highest BCUT2D eigenvalue weighted by atomic mass is 15.1. The number of imidazole rings is 1. The summed E-state index contributed by atoms with van der Waals surface area (Å²) in [6, 6.07) is 0. The van der Waals surface area contributed by atoms with Crippen LogP contribution in [0, 0.1) is 0 Å². The Kier molecular flexibility index (Phi) is 3.54. The summed E-state index contributed by atoms with van der Waals surface area (Å²) in [6.07, 6.45) is 8.87. The molecular weight excluding hydrogens is 216 g/mol. The van der Waals surface area contributed by atoms with Crippen LogP contribution in [0.2, 0.25) is 0 Å². The van der Waals surface area contributed by atoms with Crippen molar-refractivity contribution in [2.75, 3.05) is 17.6 Å². The topological polar surface area (TPSA) is 81.7 Å². The zero-order valence-electron chi connectivity index (χ0n) is 9.80. The molecule has 0 atom stereocenters. The molecule has 6 heteroatoms. The van der Waals surface area contributed by atoms with Crippen molar-refractivity contribution < 1.29 is 0 Å². The first kappa shape index (κ1) is 11.4. The highest BCUT2D eigenvalue weighted by molar-refractivity contribution is 5.69. The minimum absolute atomic E-state index is 0.543. The molecule has 0 saturated carbocycles. The summed E-state index contributed by atoms with van der Waals surface area (Å²) in [5.41, 5.74) is 6.56. The number of hydrogen-bond acceptors (Lipinski definition) is 5. The normalized spacial score (nSPS) is 10.4. The number of nitrogens with one attached hydrogen (secondary N) is 1. The van der Waals surface area contributed by atoms with Crippen molar-refractivity contribution in [2.45, 2.75) is 19.8 Å². The second-order valence-electron chi connectivity index (χ2n) is 3.71. The molecule has 0 spiro atoms. The molecule has 0 saturated heterocycles. The molecule has 2 heterocycles. The van der Waals surface area contributed by atoms with E-state index in [4.69, 9.17) is 5.73 Å². The van der Waals surface area contributed by atoms with Crippen LogP contribution in [-0.2, 0) is 0 Å². The van der Waals surface area contributed by atoms with E-state index in [1.165, 1.54) is 6.33 Å². The third kappa shape index (κ3) is 2.52. The second-order valence-corrected chi connectivity index (χ2v) is 3.71. The number of nitrogens with zero attached hydrogens (tertiary/aromatic N) is 4. The molecule has 2 rings (SSSR count). The highest BCUT2D eigenvalue weighted by Gasteiger charge is 2.08. The van der Waals surface area contributed by atoms with Crippen molar-refractivity contribution in [1.82, 2.24) is 19.5 Å². The monoisotopic (exact) mass is 232 g/mol. The van der Waals surface area contributed by atoms with Crippen LogP contribution in [0.3, 0.4) is 0 Å². The fourth-order valence-electron chi connectivity index (χ4n) is 1.50. The molecule has 0 aliphatic heterocycles. The molecule has 0 amide bonds. The molecule has 3 N–H and O–H groups in total. The summed E-state index contributed by atoms with van der Waals surface area (Å²) in [6.45, 7) is 3.00. The van der Waals surface area contributed by atoms with Gasteiger partial charge in [0.15, 0.2) is 11.6 Å². The van der Waals surface area contributed by atoms with E-state index in [1.807, 2.05) is 0 Å². The molecule has 0 aromatic carbocycles. The van der Waals surface area contributed by atoms with Gasteiger partial charge in [0.2, 0.25) is 0 Å². The number of unbranched alkanes of at least 4 members (excludes halogenated alkanes) is 1. The van der Waals surface area contributed by atoms with Crippen molar-refractivity contribution in [3.05, 3.63) is 25.0 Å². The van der Waals surface area contributed by atoms with Gasteiger partial charge in [-0.1, -0.05) is 13.3 Å². The van der Waals surface area contributed by atoms with Gasteiger partial charge in [0.25, 0.3) is 0 Å². The molecule has 2 aromatic heterocycles. The molecule has 0 radical (unpaired) electrons. The molecule has 2 aromatic rings. The molecular formula is C11H16N6. The van der Waals surface area contributed by atoms with Gasteiger partial charge in [-0.25, -0.2) is 15.0 Å². The summed E-state index contributed by atoms with van der Waals surface area (Å²) in [5.74, 6) is 1.33. The van der Waals surface area contributed by atoms with Crippen LogP contribution in [0.4, 0.5) is 11.5 Å². The van der Waals surface area contributed by atoms with Gasteiger partial charge in [0.05, 0.1) is 0 Å². The zero-order chi connectivity index (χ0) is 12.1. The highest BCUT2D eigenvalue weighted by Crippen LogP contribution is 2.20. The van der Waals surface area contributed by atoms with E-state index in [9.17, 15) is 0 Å². The first-order chi connectivity index (χ1) is 8.33. The van der Waals surface area contributed by atoms with E-state index in [2.05, 4.69) is 27.2 Å². The maximum Gasteiger partial charge on any atom is 0.166 e. The average Bonchev–Trinajstić information content (AvgIpc) is 2.85. The minimum atomic E-state index is 0.543. The van der Waals surface area contributed by atoms with E-state index < -0.39 is 0 Å². The van der Waals surface area contributed by atoms with Gasteiger partial charge < -0.3 is 11.1 Å². The molecule has 0 unspecified atom stereocenters. The van der Waals surface area contributed by atoms with Gasteiger partial charge in [-0.05, 0) is 6.42 Å². The number of rotatable bonds is 5. The SMILES string of the molecule is CCCCNc1ncnc(-n2ccnc2)c1N. The van der Waals surface area contributed by atoms with Crippen LogP contribution in [0.5, 0.6) is 0 Å². The van der Waals surface area contributed by atoms with Crippen LogP contribution >= 0.6 is 0 Å². The standard InChI is InChI=1S/C11H16N6/c1-2-3-4-14-10-9(12)11(16-7-15-10)17-6-5-13-8-17/h5-8H,2-4,12H2,1H3,(H,14,15,16). The smallest absolute Gasteiger partial charge is 0.166 e. The van der Waals surface area contributed by atoms with E-state index in [-0.39, 0.29) is 0 Å². The first-order valence-electron chi connectivity index (χ1n) is 5.65. The van der Waals surface area contributed by atoms with E-state index in [0.717, 1.165) is 19.4 Å². The lowest BCUT2D eigenvalue weighted by Gasteiger charge is -2.10. The maximum absolute atomic E-state index is 6.02. The van der Waals surface area contributed by atoms with Crippen molar-refractivity contribution >= 4 is 11.5 Å². The lowest BCUT2D eigenvalue weighted by Crippen LogP contribution is -2.09. The Morgan fingerprint density at radius 2 is 2.29 bits per heavy atom. The molecule has 0 fully saturated rings. The van der Waals surface area contributed by atoms with E-state index in [1.54, 1.807) is 23.3 Å². The third-order valence-corrected chi connectivity index (χ3v) is 2.43. The van der Waals surface area contributed by atoms with Gasteiger partial charge >= 0.3 is 0 Å². The van der Waals surface area contributed by atoms with Crippen molar-refractivity contribution in [3.8, 4) is 5.82 Å². The van der Waals surface area contributed by atoms with E-state index in [0.29, 0.717) is 17.3 Å². The minimum Gasteiger partial charge on any atom is -0.393 e. The van der Waals surface area contributed by atoms with Gasteiger partial charge in [-0.15, -0.1) is 0 Å². The number of nitrogens with two attached hydrogens (primary N) is 1. The summed E-state index contributed by atoms with van der Waals surface area (Å²) < 4.78 is 1.77. The third-order valence-electron chi connectivity index (χ3n) is 2.43. The van der Waals surface area contributed by atoms with Crippen molar-refractivity contribution in [2.24, 2.45) is 0 Å². The Morgan fingerprint density at radius 1 is 1.41 bits per heavy atom. The first-order valence-corrected chi connectivity index (χ1v) is 5.65. The Labute approximate surface area is 99.9 Å². The van der Waals surface area contributed by atoms with Gasteiger partial charge in [0.1, 0.15) is 18.3 Å². The average molecular weight is 232 g/mol. The molecule has 90 valence electrons. The second kappa shape index (κ2) is 5.29. The van der Waals surface area contributed by atoms with Gasteiger partial charge in [-0.2, -0.15) is 0 Å². The fraction of sp³-hybridized carbons (Fsp3) is 0.364. The Bertz CT molecular complexity index is 465. The lowest BCUT2D eigenvalue weighted by molar-refractivity contribution is 0.830. The van der Waals surface area contributed by atoms with E-state index >= 15 is 0 Å². The number of anilines is 2. The number of nitrogen functional groups attached to an aromatic ring is 1. The summed E-state index contributed by atoms with van der Waals surface area (Å²) in [5, 5.41) is 3.21. The largest absolute Gasteiger partial charge is 0.393 e. The molecule has 0 aliphatic rings. The van der Waals surface area contributed by atoms with Crippen LogP contribution < -0.4 is 11.1 Å². The van der Waals surface area contributed by atoms with Crippen LogP contribution in [0.1, 0.15) is 19.8 Å². The summed E-state index contributed by atoms with van der Waals surface area (Å²) >= 11 is 0. The molecule has 0 bridgehead atoms. The van der Waals surface area contributed by atoms with Crippen LogP contribution in [-0.4, -0.2) is 26.1 Å². The Balaban J connectivity index is 2.21. The summed E-state index contributed by atoms with van der Waals surface area (Å²) in [4.78, 5) is 12.3. The number of aromatic nitrogens is 4. The summed E-state index contributed by atoms with van der Waals surface area (Å²) in [7, 11) is 0. The fourth-order valence-corrected chi connectivity index (χ4v) is 1.50. The van der Waals surface area contributed by atoms with Crippen molar-refractivity contribution in [3.63, 3.8) is 0 Å². The Hall–Kier alpha value is -2.11. The maximum atomic E-state index is 6.02. The molecule has 0 aliphatic carbocycles. The molecule has 6 nitrogen and oxygen atoms in total. The van der Waals surface area contributed by atoms with Crippen LogP contribution in [0.25, 0.3) is 5.82 Å².